The van der Waals surface area contributed by atoms with Crippen molar-refractivity contribution in [3.8, 4) is 11.5 Å². The third kappa shape index (κ3) is 7.47. The van der Waals surface area contributed by atoms with Gasteiger partial charge in [0.1, 0.15) is 5.75 Å². The molecule has 3 unspecified atom stereocenters. The first-order valence-corrected chi connectivity index (χ1v) is 11.1. The van der Waals surface area contributed by atoms with E-state index in [9.17, 15) is 9.82 Å². The van der Waals surface area contributed by atoms with Crippen molar-refractivity contribution < 1.29 is 53.3 Å². The monoisotopic (exact) mass is 446 g/mol. The topological polar surface area (TPSA) is 83.4 Å². The van der Waals surface area contributed by atoms with E-state index in [0.717, 1.165) is 11.3 Å². The molecule has 0 bridgehead atoms. The second kappa shape index (κ2) is 12.6. The van der Waals surface area contributed by atoms with E-state index in [1.165, 1.54) is 0 Å². The Bertz CT molecular complexity index is 821. The number of ether oxygens (including phenoxy) is 1. The smallest absolute Gasteiger partial charge is 0.674 e. The molecule has 0 aliphatic rings. The van der Waals surface area contributed by atoms with Crippen molar-refractivity contribution >= 4 is 33.1 Å². The van der Waals surface area contributed by atoms with Crippen LogP contribution < -0.4 is 44.1 Å². The van der Waals surface area contributed by atoms with Crippen LogP contribution >= 0.6 is 15.1 Å². The number of rotatable bonds is 9. The summed E-state index contributed by atoms with van der Waals surface area (Å²) in [7, 11) is -0.608. The van der Waals surface area contributed by atoms with E-state index in [4.69, 9.17) is 28.0 Å². The van der Waals surface area contributed by atoms with E-state index >= 15 is 0 Å². The van der Waals surface area contributed by atoms with Gasteiger partial charge in [0.2, 0.25) is 17.5 Å². The molecule has 11 heteroatoms. The summed E-state index contributed by atoms with van der Waals surface area (Å²) in [5, 5.41) is 14.5. The van der Waals surface area contributed by atoms with E-state index in [2.05, 4.69) is 9.78 Å². The Hall–Kier alpha value is -0.950. The van der Waals surface area contributed by atoms with Crippen LogP contribution in [0.3, 0.4) is 0 Å². The zero-order valence-corrected chi connectivity index (χ0v) is 20.2. The third-order valence-corrected chi connectivity index (χ3v) is 6.21. The van der Waals surface area contributed by atoms with E-state index < -0.39 is 20.8 Å². The maximum Gasteiger partial charge on any atom is 1.00 e. The Morgan fingerprint density at radius 1 is 1.18 bits per heavy atom. The van der Waals surface area contributed by atoms with E-state index in [-0.39, 0.29) is 29.6 Å². The Morgan fingerprint density at radius 3 is 2.29 bits per heavy atom. The van der Waals surface area contributed by atoms with Crippen LogP contribution in [0.2, 0.25) is 0 Å². The summed E-state index contributed by atoms with van der Waals surface area (Å²) < 4.78 is 27.2. The molecule has 2 aromatic rings. The van der Waals surface area contributed by atoms with E-state index in [1.54, 1.807) is 49.4 Å². The molecular formula is C17H17N2NaO5P2S+2. The molecule has 0 aliphatic heterocycles. The number of hydrogen-bond acceptors (Lipinski definition) is 7. The summed E-state index contributed by atoms with van der Waals surface area (Å²) in [4.78, 5) is 0. The first-order valence-electron chi connectivity index (χ1n) is 7.63. The Kier molecular flexibility index (Phi) is 11.3. The Balaban J connectivity index is 0.00000392. The quantitative estimate of drug-likeness (QED) is 0.184. The van der Waals surface area contributed by atoms with Gasteiger partial charge in [0.05, 0.1) is 20.4 Å². The molecule has 0 fully saturated rings. The van der Waals surface area contributed by atoms with Crippen LogP contribution in [-0.2, 0) is 21.0 Å². The summed E-state index contributed by atoms with van der Waals surface area (Å²) in [6.45, 7) is 5.66. The molecule has 2 aromatic carbocycles. The fourth-order valence-electron chi connectivity index (χ4n) is 1.93. The van der Waals surface area contributed by atoms with Crippen molar-refractivity contribution in [3.05, 3.63) is 66.6 Å². The van der Waals surface area contributed by atoms with E-state index in [0.29, 0.717) is 11.3 Å². The molecule has 7 nitrogen and oxygen atoms in total. The van der Waals surface area contributed by atoms with Gasteiger partial charge in [-0.25, -0.2) is 0 Å². The molecule has 0 saturated heterocycles. The maximum absolute atomic E-state index is 11.3. The van der Waals surface area contributed by atoms with Crippen LogP contribution in [0, 0.1) is 6.92 Å². The molecule has 0 amide bonds. The molecule has 28 heavy (non-hydrogen) atoms. The van der Waals surface area contributed by atoms with Gasteiger partial charge < -0.3 is 9.99 Å². The van der Waals surface area contributed by atoms with Gasteiger partial charge in [-0.15, -0.1) is 5.10 Å². The molecule has 140 valence electrons. The number of hydrazone groups is 1. The fraction of sp³-hybridized carbons (Fsp3) is 0.176. The molecule has 0 saturated carbocycles. The molecule has 2 radical (unpaired) electrons. The molecule has 2 rings (SSSR count). The minimum Gasteiger partial charge on any atom is -0.674 e. The van der Waals surface area contributed by atoms with Gasteiger partial charge in [-0.05, 0) is 46.5 Å². The van der Waals surface area contributed by atoms with Gasteiger partial charge in [0, 0.05) is 12.5 Å². The van der Waals surface area contributed by atoms with Crippen LogP contribution in [0.4, 0.5) is 0 Å². The number of hydrogen-bond donors (Lipinski definition) is 0. The standard InChI is InChI=1S/C17H17N2O5P2S.Na/c1-13(25(21)24-20)15-6-10-17(11-7-15)23-26(27)19(2)18-12-14-4-8-16(22-3)9-5-14;/h1,4-13H,2-3H3;/q2*+1/b18-12+;. The molecular weight excluding hydrogens is 429 g/mol. The van der Waals surface area contributed by atoms with Crippen LogP contribution in [0.25, 0.3) is 0 Å². The van der Waals surface area contributed by atoms with Crippen molar-refractivity contribution in [3.63, 3.8) is 0 Å². The summed E-state index contributed by atoms with van der Waals surface area (Å²) in [6.07, 6.45) is 1.67. The van der Waals surface area contributed by atoms with Crippen molar-refractivity contribution in [2.45, 2.75) is 5.66 Å². The first-order chi connectivity index (χ1) is 12.9. The summed E-state index contributed by atoms with van der Waals surface area (Å²) in [6, 6.07) is 13.9. The molecule has 0 N–H and O–H groups in total. The van der Waals surface area contributed by atoms with Crippen LogP contribution in [0.5, 0.6) is 11.5 Å². The zero-order valence-electron chi connectivity index (χ0n) is 15.6. The van der Waals surface area contributed by atoms with Gasteiger partial charge in [0.15, 0.2) is 5.75 Å². The second-order valence-corrected chi connectivity index (χ2v) is 8.66. The molecule has 0 aliphatic carbocycles. The maximum atomic E-state index is 11.3. The minimum atomic E-state index is -2.50. The summed E-state index contributed by atoms with van der Waals surface area (Å²) in [5.41, 5.74) is 0.404. The van der Waals surface area contributed by atoms with Gasteiger partial charge in [-0.3, -0.25) is 4.52 Å². The van der Waals surface area contributed by atoms with Crippen LogP contribution in [-0.4, -0.2) is 25.2 Å². The normalized spacial score (nSPS) is 12.7. The number of nitrogens with zero attached hydrogens (tertiary/aromatic N) is 2. The molecule has 0 spiro atoms. The first kappa shape index (κ1) is 25.1. The van der Waals surface area contributed by atoms with Crippen LogP contribution in [0.15, 0.2) is 53.6 Å². The van der Waals surface area contributed by atoms with Crippen LogP contribution in [0.1, 0.15) is 16.8 Å². The van der Waals surface area contributed by atoms with Crippen molar-refractivity contribution in [2.24, 2.45) is 5.10 Å². The molecule has 0 heterocycles. The predicted octanol–water partition coefficient (Wildman–Crippen LogP) is 0.604. The molecule has 0 aromatic heterocycles. The average molecular weight is 446 g/mol. The summed E-state index contributed by atoms with van der Waals surface area (Å²) in [5.74, 6) is 1.28. The third-order valence-electron chi connectivity index (χ3n) is 3.43. The average Bonchev–Trinajstić information content (AvgIpc) is 2.71. The Morgan fingerprint density at radius 2 is 1.75 bits per heavy atom. The van der Waals surface area contributed by atoms with Gasteiger partial charge in [-0.2, -0.15) is 4.67 Å². The second-order valence-electron chi connectivity index (χ2n) is 5.21. The Labute approximate surface area is 193 Å². The fourth-order valence-corrected chi connectivity index (χ4v) is 3.37. The number of methoxy groups -OCH3 is 1. The summed E-state index contributed by atoms with van der Waals surface area (Å²) >= 11 is 5.34. The molecule has 3 atom stereocenters. The van der Waals surface area contributed by atoms with Gasteiger partial charge in [0.25, 0.3) is 0 Å². The SMILES string of the molecule is [CH]C(c1ccc(O[P+](=S)N(C)/N=C/c2ccc(OC)cc2)cc1)[P+](=O)O[O-].[Na+]. The van der Waals surface area contributed by atoms with Crippen molar-refractivity contribution in [2.75, 3.05) is 14.2 Å². The number of benzene rings is 2. The minimum absolute atomic E-state index is 0. The zero-order chi connectivity index (χ0) is 19.8. The van der Waals surface area contributed by atoms with Gasteiger partial charge >= 0.3 is 44.7 Å². The van der Waals surface area contributed by atoms with Gasteiger partial charge in [-0.1, -0.05) is 16.9 Å². The van der Waals surface area contributed by atoms with Crippen molar-refractivity contribution in [1.29, 1.82) is 0 Å². The van der Waals surface area contributed by atoms with Crippen molar-refractivity contribution in [1.82, 2.24) is 4.78 Å². The largest absolute Gasteiger partial charge is 1.00 e. The van der Waals surface area contributed by atoms with E-state index in [1.807, 2.05) is 24.3 Å². The predicted molar refractivity (Wildman–Crippen MR) is 105 cm³/mol.